The molecule has 2 aromatic carbocycles. The second kappa shape index (κ2) is 13.2. The summed E-state index contributed by atoms with van der Waals surface area (Å²) in [5.74, 6) is 0.826. The van der Waals surface area contributed by atoms with Crippen LogP contribution in [0.15, 0.2) is 42.5 Å². The largest absolute Gasteiger partial charge is 0.486 e. The summed E-state index contributed by atoms with van der Waals surface area (Å²) in [5.41, 5.74) is 1.27. The van der Waals surface area contributed by atoms with Crippen LogP contribution in [0.25, 0.3) is 0 Å². The van der Waals surface area contributed by atoms with Gasteiger partial charge in [0.15, 0.2) is 11.5 Å². The third-order valence-corrected chi connectivity index (χ3v) is 7.53. The Labute approximate surface area is 230 Å². The first-order valence-electron chi connectivity index (χ1n) is 12.6. The summed E-state index contributed by atoms with van der Waals surface area (Å²) >= 11 is 6.01. The van der Waals surface area contributed by atoms with Crippen molar-refractivity contribution in [1.82, 2.24) is 10.2 Å². The Hall–Kier alpha value is -2.98. The summed E-state index contributed by atoms with van der Waals surface area (Å²) in [6.07, 6.45) is 1.45. The molecule has 0 unspecified atom stereocenters. The monoisotopic (exact) mass is 565 g/mol. The molecule has 9 nitrogen and oxygen atoms in total. The van der Waals surface area contributed by atoms with Crippen LogP contribution in [0, 0.1) is 5.92 Å². The summed E-state index contributed by atoms with van der Waals surface area (Å²) in [7, 11) is -3.63. The number of sulfonamides is 1. The fourth-order valence-corrected chi connectivity index (χ4v) is 5.10. The normalized spacial score (nSPS) is 13.6. The van der Waals surface area contributed by atoms with Gasteiger partial charge in [-0.15, -0.1) is 0 Å². The molecule has 0 saturated carbocycles. The van der Waals surface area contributed by atoms with Gasteiger partial charge in [-0.2, -0.15) is 0 Å². The maximum Gasteiger partial charge on any atom is 0.242 e. The number of hydrogen-bond donors (Lipinski definition) is 1. The second-order valence-corrected chi connectivity index (χ2v) is 12.1. The van der Waals surface area contributed by atoms with Gasteiger partial charge in [-0.25, -0.2) is 8.42 Å². The fourth-order valence-electron chi connectivity index (χ4n) is 4.01. The Morgan fingerprint density at radius 1 is 1.03 bits per heavy atom. The van der Waals surface area contributed by atoms with Crippen LogP contribution in [0.2, 0.25) is 5.02 Å². The average molecular weight is 566 g/mol. The van der Waals surface area contributed by atoms with E-state index in [1.807, 2.05) is 26.0 Å². The number of benzene rings is 2. The van der Waals surface area contributed by atoms with E-state index in [1.54, 1.807) is 37.3 Å². The Kier molecular flexibility index (Phi) is 10.3. The lowest BCUT2D eigenvalue weighted by atomic mass is 10.1. The lowest BCUT2D eigenvalue weighted by Gasteiger charge is -2.30. The van der Waals surface area contributed by atoms with E-state index in [0.29, 0.717) is 42.0 Å². The van der Waals surface area contributed by atoms with Crippen LogP contribution in [0.4, 0.5) is 5.69 Å². The van der Waals surface area contributed by atoms with Gasteiger partial charge >= 0.3 is 0 Å². The van der Waals surface area contributed by atoms with Crippen molar-refractivity contribution in [1.29, 1.82) is 0 Å². The second-order valence-electron chi connectivity index (χ2n) is 9.73. The van der Waals surface area contributed by atoms with Crippen LogP contribution in [-0.4, -0.2) is 63.7 Å². The number of rotatable bonds is 12. The number of amides is 2. The third-order valence-electron chi connectivity index (χ3n) is 6.08. The van der Waals surface area contributed by atoms with E-state index in [0.717, 1.165) is 11.8 Å². The average Bonchev–Trinajstić information content (AvgIpc) is 2.87. The number of hydrogen-bond acceptors (Lipinski definition) is 6. The van der Waals surface area contributed by atoms with E-state index in [1.165, 1.54) is 9.21 Å². The highest BCUT2D eigenvalue weighted by Gasteiger charge is 2.27. The number of ether oxygens (including phenoxy) is 2. The van der Waals surface area contributed by atoms with Gasteiger partial charge in [0, 0.05) is 37.1 Å². The molecule has 0 bridgehead atoms. The number of anilines is 1. The third kappa shape index (κ3) is 8.26. The molecule has 0 aromatic heterocycles. The molecule has 1 aliphatic heterocycles. The lowest BCUT2D eigenvalue weighted by molar-refractivity contribution is -0.140. The Balaban J connectivity index is 1.72. The van der Waals surface area contributed by atoms with Gasteiger partial charge in [0.1, 0.15) is 19.3 Å². The Bertz CT molecular complexity index is 1220. The van der Waals surface area contributed by atoms with Gasteiger partial charge in [-0.3, -0.25) is 13.9 Å². The van der Waals surface area contributed by atoms with Crippen molar-refractivity contribution in [2.45, 2.75) is 46.2 Å². The van der Waals surface area contributed by atoms with Crippen molar-refractivity contribution >= 4 is 39.1 Å². The molecule has 0 aliphatic carbocycles. The van der Waals surface area contributed by atoms with Crippen molar-refractivity contribution in [3.8, 4) is 11.5 Å². The SMILES string of the molecule is CC(C)CNC(=O)[C@H](C)N(Cc1ccc(Cl)cc1)C(=O)CCCN(c1ccc2c(c1)OCCO2)S(C)(=O)=O. The van der Waals surface area contributed by atoms with Gasteiger partial charge in [0.2, 0.25) is 21.8 Å². The molecule has 208 valence electrons. The molecular weight excluding hydrogens is 530 g/mol. The minimum Gasteiger partial charge on any atom is -0.486 e. The summed E-state index contributed by atoms with van der Waals surface area (Å²) < 4.78 is 37.6. The predicted molar refractivity (Wildman–Crippen MR) is 148 cm³/mol. The highest BCUT2D eigenvalue weighted by Crippen LogP contribution is 2.34. The van der Waals surface area contributed by atoms with Gasteiger partial charge in [0.05, 0.1) is 11.9 Å². The first-order valence-corrected chi connectivity index (χ1v) is 14.9. The van der Waals surface area contributed by atoms with Crippen LogP contribution in [-0.2, 0) is 26.2 Å². The molecule has 0 radical (unpaired) electrons. The summed E-state index contributed by atoms with van der Waals surface area (Å²) in [6.45, 7) is 7.33. The van der Waals surface area contributed by atoms with E-state index in [9.17, 15) is 18.0 Å². The smallest absolute Gasteiger partial charge is 0.242 e. The first kappa shape index (κ1) is 29.6. The van der Waals surface area contributed by atoms with Gasteiger partial charge in [0.25, 0.3) is 0 Å². The number of nitrogens with zero attached hydrogens (tertiary/aromatic N) is 2. The summed E-state index contributed by atoms with van der Waals surface area (Å²) in [6, 6.07) is 11.4. The molecule has 2 aromatic rings. The molecular formula is C27H36ClN3O6S. The molecule has 1 aliphatic rings. The number of fused-ring (bicyclic) bond motifs is 1. The van der Waals surface area contributed by atoms with Crippen molar-refractivity contribution in [3.63, 3.8) is 0 Å². The standard InChI is InChI=1S/C27H36ClN3O6S/c1-19(2)17-29-27(33)20(3)30(18-21-7-9-22(28)10-8-21)26(32)6-5-13-31(38(4,34)35)23-11-12-24-25(16-23)37-15-14-36-24/h7-12,16,19-20H,5-6,13-15,17-18H2,1-4H3,(H,29,33)/t20-/m0/s1. The van der Waals surface area contributed by atoms with Crippen LogP contribution >= 0.6 is 11.6 Å². The number of carbonyl (C=O) groups excluding carboxylic acids is 2. The fraction of sp³-hybridized carbons (Fsp3) is 0.481. The van der Waals surface area contributed by atoms with Crippen molar-refractivity contribution < 1.29 is 27.5 Å². The molecule has 0 saturated heterocycles. The maximum atomic E-state index is 13.4. The molecule has 1 heterocycles. The zero-order chi connectivity index (χ0) is 27.9. The van der Waals surface area contributed by atoms with Crippen LogP contribution in [0.1, 0.15) is 39.2 Å². The van der Waals surface area contributed by atoms with Crippen molar-refractivity contribution in [2.24, 2.45) is 5.92 Å². The number of carbonyl (C=O) groups is 2. The van der Waals surface area contributed by atoms with Gasteiger partial charge < -0.3 is 19.7 Å². The van der Waals surface area contributed by atoms with E-state index >= 15 is 0 Å². The molecule has 38 heavy (non-hydrogen) atoms. The van der Waals surface area contributed by atoms with Crippen LogP contribution in [0.3, 0.4) is 0 Å². The molecule has 11 heteroatoms. The number of halogens is 1. The van der Waals surface area contributed by atoms with Crippen LogP contribution in [0.5, 0.6) is 11.5 Å². The number of nitrogens with one attached hydrogen (secondary N) is 1. The van der Waals surface area contributed by atoms with E-state index in [-0.39, 0.29) is 43.7 Å². The van der Waals surface area contributed by atoms with Gasteiger partial charge in [-0.1, -0.05) is 37.6 Å². The summed E-state index contributed by atoms with van der Waals surface area (Å²) in [4.78, 5) is 27.7. The van der Waals surface area contributed by atoms with Crippen molar-refractivity contribution in [3.05, 3.63) is 53.1 Å². The maximum absolute atomic E-state index is 13.4. The first-order chi connectivity index (χ1) is 18.0. The van der Waals surface area contributed by atoms with E-state index < -0.39 is 16.1 Å². The molecule has 3 rings (SSSR count). The van der Waals surface area contributed by atoms with Crippen LogP contribution < -0.4 is 19.1 Å². The molecule has 1 atom stereocenters. The van der Waals surface area contributed by atoms with Crippen molar-refractivity contribution in [2.75, 3.05) is 36.9 Å². The predicted octanol–water partition coefficient (Wildman–Crippen LogP) is 3.85. The van der Waals surface area contributed by atoms with Gasteiger partial charge in [-0.05, 0) is 49.1 Å². The molecule has 1 N–H and O–H groups in total. The molecule has 2 amide bonds. The zero-order valence-corrected chi connectivity index (χ0v) is 23.8. The zero-order valence-electron chi connectivity index (χ0n) is 22.3. The quantitative estimate of drug-likeness (QED) is 0.419. The minimum absolute atomic E-state index is 0.0615. The molecule has 0 spiro atoms. The minimum atomic E-state index is -3.63. The lowest BCUT2D eigenvalue weighted by Crippen LogP contribution is -2.48. The Morgan fingerprint density at radius 2 is 1.68 bits per heavy atom. The van der Waals surface area contributed by atoms with E-state index in [2.05, 4.69) is 5.32 Å². The Morgan fingerprint density at radius 3 is 2.32 bits per heavy atom. The highest BCUT2D eigenvalue weighted by molar-refractivity contribution is 7.92. The van der Waals surface area contributed by atoms with E-state index in [4.69, 9.17) is 21.1 Å². The molecule has 0 fully saturated rings. The highest BCUT2D eigenvalue weighted by atomic mass is 35.5. The summed E-state index contributed by atoms with van der Waals surface area (Å²) in [5, 5.41) is 3.47. The topological polar surface area (TPSA) is 105 Å².